The minimum absolute atomic E-state index is 0.106. The molecule has 2 N–H and O–H groups in total. The first kappa shape index (κ1) is 24.5. The Morgan fingerprint density at radius 2 is 1.77 bits per heavy atom. The average molecular weight is 494 g/mol. The number of rotatable bonds is 5. The van der Waals surface area contributed by atoms with Crippen LogP contribution in [0.4, 0.5) is 20.2 Å². The zero-order chi connectivity index (χ0) is 25.5. The number of hydrogen-bond donors (Lipinski definition) is 2. The average Bonchev–Trinajstić information content (AvgIpc) is 2.82. The molecule has 0 aliphatic heterocycles. The van der Waals surface area contributed by atoms with Crippen LogP contribution < -0.4 is 5.32 Å². The van der Waals surface area contributed by atoms with Gasteiger partial charge in [-0.3, -0.25) is 0 Å². The summed E-state index contributed by atoms with van der Waals surface area (Å²) in [4.78, 5) is 16.1. The lowest BCUT2D eigenvalue weighted by atomic mass is 10.0. The van der Waals surface area contributed by atoms with Crippen LogP contribution in [0.1, 0.15) is 43.9 Å². The predicted molar refractivity (Wildman–Crippen MR) is 132 cm³/mol. The van der Waals surface area contributed by atoms with E-state index in [2.05, 4.69) is 25.1 Å². The Hall–Kier alpha value is -3.67. The molecular weight excluding hydrogens is 472 g/mol. The van der Waals surface area contributed by atoms with Crippen LogP contribution >= 0.6 is 11.6 Å². The number of pyridine rings is 1. The first-order valence-electron chi connectivity index (χ1n) is 10.8. The van der Waals surface area contributed by atoms with E-state index in [1.807, 2.05) is 0 Å². The van der Waals surface area contributed by atoms with Crippen molar-refractivity contribution in [3.8, 4) is 11.1 Å². The summed E-state index contributed by atoms with van der Waals surface area (Å²) in [7, 11) is 0. The van der Waals surface area contributed by atoms with E-state index < -0.39 is 23.3 Å². The van der Waals surface area contributed by atoms with E-state index in [0.717, 1.165) is 0 Å². The Morgan fingerprint density at radius 3 is 2.40 bits per heavy atom. The van der Waals surface area contributed by atoms with Crippen molar-refractivity contribution in [2.24, 2.45) is 0 Å². The summed E-state index contributed by atoms with van der Waals surface area (Å²) < 4.78 is 29.7. The van der Waals surface area contributed by atoms with Crippen molar-refractivity contribution < 1.29 is 13.9 Å². The Morgan fingerprint density at radius 1 is 1.09 bits per heavy atom. The van der Waals surface area contributed by atoms with Crippen LogP contribution in [-0.2, 0) is 5.60 Å². The van der Waals surface area contributed by atoms with E-state index in [9.17, 15) is 9.50 Å². The normalized spacial score (nSPS) is 12.4. The van der Waals surface area contributed by atoms with Gasteiger partial charge in [0.2, 0.25) is 0 Å². The molecule has 0 fully saturated rings. The Balaban J connectivity index is 1.84. The second kappa shape index (κ2) is 9.17. The fourth-order valence-electron chi connectivity index (χ4n) is 3.75. The summed E-state index contributed by atoms with van der Waals surface area (Å²) in [5.74, 6) is -0.803. The van der Waals surface area contributed by atoms with Gasteiger partial charge in [-0.25, -0.2) is 28.6 Å². The highest BCUT2D eigenvalue weighted by Crippen LogP contribution is 2.38. The number of anilines is 1. The zero-order valence-corrected chi connectivity index (χ0v) is 20.2. The maximum Gasteiger partial charge on any atom is 0.187 e. The molecule has 1 atom stereocenters. The topological polar surface area (TPSA) is 75.3 Å². The first-order chi connectivity index (χ1) is 16.5. The van der Waals surface area contributed by atoms with Gasteiger partial charge >= 0.3 is 0 Å². The molecule has 4 aromatic rings. The lowest BCUT2D eigenvalue weighted by Gasteiger charge is -2.21. The second-order valence-electron chi connectivity index (χ2n) is 8.78. The van der Waals surface area contributed by atoms with Crippen LogP contribution in [0, 0.1) is 25.1 Å². The number of benzene rings is 2. The van der Waals surface area contributed by atoms with Crippen LogP contribution in [0.3, 0.4) is 0 Å². The number of halogens is 3. The molecule has 2 heterocycles. The molecule has 178 valence electrons. The van der Waals surface area contributed by atoms with Crippen molar-refractivity contribution in [2.45, 2.75) is 39.3 Å². The number of aryl methyl sites for hydroxylation is 1. The zero-order valence-electron chi connectivity index (χ0n) is 19.5. The van der Waals surface area contributed by atoms with Crippen molar-refractivity contribution in [2.75, 3.05) is 5.32 Å². The quantitative estimate of drug-likeness (QED) is 0.296. The molecule has 6 nitrogen and oxygen atoms in total. The summed E-state index contributed by atoms with van der Waals surface area (Å²) in [6, 6.07) is 6.58. The van der Waals surface area contributed by atoms with E-state index in [1.54, 1.807) is 33.8 Å². The van der Waals surface area contributed by atoms with E-state index in [0.29, 0.717) is 33.6 Å². The predicted octanol–water partition coefficient (Wildman–Crippen LogP) is 6.88. The molecule has 0 unspecified atom stereocenters. The number of nitrogens with zero attached hydrogens (tertiary/aromatic N) is 4. The summed E-state index contributed by atoms with van der Waals surface area (Å²) >= 11 is 6.58. The maximum atomic E-state index is 15.2. The highest BCUT2D eigenvalue weighted by molar-refractivity contribution is 6.35. The van der Waals surface area contributed by atoms with E-state index in [1.165, 1.54) is 36.7 Å². The smallest absolute Gasteiger partial charge is 0.187 e. The largest absolute Gasteiger partial charge is 0.382 e. The SMILES string of the molecule is [C-]#[N+]c1ccc(F)c([C@@H](C)Nc2c(Cl)c(C)nc3c(F)cc(-c4cnc(C(C)(C)O)nc4)cc23)c1. The van der Waals surface area contributed by atoms with Crippen LogP contribution in [-0.4, -0.2) is 20.1 Å². The third kappa shape index (κ3) is 4.78. The third-order valence-electron chi connectivity index (χ3n) is 5.62. The highest BCUT2D eigenvalue weighted by atomic mass is 35.5. The molecule has 2 aromatic carbocycles. The molecule has 4 rings (SSSR count). The maximum absolute atomic E-state index is 15.2. The van der Waals surface area contributed by atoms with E-state index in [-0.39, 0.29) is 21.9 Å². The third-order valence-corrected chi connectivity index (χ3v) is 6.08. The fourth-order valence-corrected chi connectivity index (χ4v) is 3.95. The molecular formula is C26H22ClF2N5O. The van der Waals surface area contributed by atoms with Gasteiger partial charge in [0.15, 0.2) is 11.5 Å². The summed E-state index contributed by atoms with van der Waals surface area (Å²) in [6.07, 6.45) is 3.01. The molecule has 0 aliphatic carbocycles. The van der Waals surface area contributed by atoms with Crippen molar-refractivity contribution in [1.29, 1.82) is 0 Å². The second-order valence-corrected chi connectivity index (χ2v) is 9.16. The van der Waals surface area contributed by atoms with Crippen LogP contribution in [0.15, 0.2) is 42.7 Å². The monoisotopic (exact) mass is 493 g/mol. The van der Waals surface area contributed by atoms with Gasteiger partial charge in [0.25, 0.3) is 0 Å². The molecule has 2 aromatic heterocycles. The Labute approximate surface area is 206 Å². The molecule has 0 amide bonds. The minimum Gasteiger partial charge on any atom is -0.382 e. The molecule has 0 aliphatic rings. The first-order valence-corrected chi connectivity index (χ1v) is 11.2. The van der Waals surface area contributed by atoms with Crippen LogP contribution in [0.2, 0.25) is 5.02 Å². The van der Waals surface area contributed by atoms with Gasteiger partial charge in [-0.05, 0) is 63.1 Å². The van der Waals surface area contributed by atoms with Gasteiger partial charge in [0.05, 0.1) is 29.0 Å². The number of aromatic nitrogens is 3. The number of hydrogen-bond acceptors (Lipinski definition) is 5. The van der Waals surface area contributed by atoms with E-state index >= 15 is 4.39 Å². The molecule has 0 radical (unpaired) electrons. The van der Waals surface area contributed by atoms with Crippen LogP contribution in [0.25, 0.3) is 26.9 Å². The van der Waals surface area contributed by atoms with Gasteiger partial charge in [0.1, 0.15) is 22.8 Å². The van der Waals surface area contributed by atoms with Gasteiger partial charge < -0.3 is 10.4 Å². The van der Waals surface area contributed by atoms with Crippen molar-refractivity contribution in [1.82, 2.24) is 15.0 Å². The Kier molecular flexibility index (Phi) is 6.41. The molecule has 35 heavy (non-hydrogen) atoms. The lowest BCUT2D eigenvalue weighted by molar-refractivity contribution is 0.0687. The number of nitrogens with one attached hydrogen (secondary N) is 1. The van der Waals surface area contributed by atoms with Gasteiger partial charge in [-0.2, -0.15) is 0 Å². The van der Waals surface area contributed by atoms with Crippen molar-refractivity contribution in [3.05, 3.63) is 87.9 Å². The standard InChI is InChI=1S/C26H22ClF2N5O/c1-13(18-10-17(30-5)6-7-20(18)28)33-24-19-8-15(9-21(29)23(19)34-14(2)22(24)27)16-11-31-25(32-12-16)26(3,4)35/h6-13,35H,1-4H3,(H,33,34)/t13-/m1/s1. The molecule has 0 spiro atoms. The molecule has 9 heteroatoms. The Bertz CT molecular complexity index is 1480. The van der Waals surface area contributed by atoms with E-state index in [4.69, 9.17) is 18.2 Å². The van der Waals surface area contributed by atoms with Crippen LogP contribution in [0.5, 0.6) is 0 Å². The lowest BCUT2D eigenvalue weighted by Crippen LogP contribution is -2.19. The number of fused-ring (bicyclic) bond motifs is 1. The van der Waals surface area contributed by atoms with Crippen molar-refractivity contribution >= 4 is 33.9 Å². The fraction of sp³-hybridized carbons (Fsp3) is 0.231. The van der Waals surface area contributed by atoms with Crippen molar-refractivity contribution in [3.63, 3.8) is 0 Å². The molecule has 0 bridgehead atoms. The summed E-state index contributed by atoms with van der Waals surface area (Å²) in [5.41, 5.74) is 1.30. The van der Waals surface area contributed by atoms with Gasteiger partial charge in [0, 0.05) is 23.3 Å². The number of aliphatic hydroxyl groups is 1. The molecule has 0 saturated carbocycles. The minimum atomic E-state index is -1.21. The summed E-state index contributed by atoms with van der Waals surface area (Å²) in [6.45, 7) is 13.7. The molecule has 0 saturated heterocycles. The highest BCUT2D eigenvalue weighted by Gasteiger charge is 2.21. The van der Waals surface area contributed by atoms with Gasteiger partial charge in [-0.15, -0.1) is 0 Å². The van der Waals surface area contributed by atoms with Gasteiger partial charge in [-0.1, -0.05) is 17.7 Å². The summed E-state index contributed by atoms with van der Waals surface area (Å²) in [5, 5.41) is 14.0.